The fourth-order valence-electron chi connectivity index (χ4n) is 2.39. The van der Waals surface area contributed by atoms with Crippen LogP contribution in [0.4, 0.5) is 5.69 Å². The van der Waals surface area contributed by atoms with Crippen LogP contribution in [0.25, 0.3) is 11.4 Å². The van der Waals surface area contributed by atoms with Gasteiger partial charge in [0.25, 0.3) is 0 Å². The van der Waals surface area contributed by atoms with Crippen molar-refractivity contribution in [3.05, 3.63) is 58.6 Å². The normalized spacial score (nSPS) is 10.6. The van der Waals surface area contributed by atoms with E-state index in [1.165, 1.54) is 4.68 Å². The number of carbonyl (C=O) groups is 1. The summed E-state index contributed by atoms with van der Waals surface area (Å²) in [6.45, 7) is 2.11. The molecule has 0 aliphatic carbocycles. The third kappa shape index (κ3) is 3.68. The van der Waals surface area contributed by atoms with Gasteiger partial charge < -0.3 is 5.32 Å². The molecule has 1 N–H and O–H groups in total. The van der Waals surface area contributed by atoms with Crippen molar-refractivity contribution in [3.8, 4) is 11.4 Å². The number of aromatic nitrogens is 4. The Morgan fingerprint density at radius 1 is 1.17 bits per heavy atom. The lowest BCUT2D eigenvalue weighted by molar-refractivity contribution is -0.116. The predicted octanol–water partition coefficient (Wildman–Crippen LogP) is 3.30. The monoisotopic (exact) mass is 385 g/mol. The topological polar surface area (TPSA) is 72.7 Å². The molecule has 0 radical (unpaired) electrons. The number of carbonyl (C=O) groups excluding carboxylic acids is 1. The summed E-state index contributed by atoms with van der Waals surface area (Å²) < 4.78 is 2.46. The number of benzene rings is 2. The van der Waals surface area contributed by atoms with Gasteiger partial charge in [0.1, 0.15) is 6.54 Å². The number of para-hydroxylation sites is 1. The number of amides is 1. The van der Waals surface area contributed by atoms with Gasteiger partial charge in [0, 0.05) is 15.7 Å². The molecule has 0 fully saturated rings. The van der Waals surface area contributed by atoms with Crippen LogP contribution in [0, 0.1) is 0 Å². The van der Waals surface area contributed by atoms with Crippen LogP contribution in [0.3, 0.4) is 0 Å². The molecule has 1 aromatic heterocycles. The fraction of sp³-hybridized carbons (Fsp3) is 0.176. The summed E-state index contributed by atoms with van der Waals surface area (Å²) >= 11 is 3.40. The van der Waals surface area contributed by atoms with Crippen molar-refractivity contribution in [2.45, 2.75) is 19.9 Å². The molecule has 1 amide bonds. The van der Waals surface area contributed by atoms with Crippen molar-refractivity contribution >= 4 is 27.5 Å². The van der Waals surface area contributed by atoms with Gasteiger partial charge in [0.2, 0.25) is 5.91 Å². The molecule has 122 valence electrons. The Morgan fingerprint density at radius 2 is 1.92 bits per heavy atom. The highest BCUT2D eigenvalue weighted by molar-refractivity contribution is 9.10. The van der Waals surface area contributed by atoms with Crippen LogP contribution in [-0.2, 0) is 17.8 Å². The molecule has 24 heavy (non-hydrogen) atoms. The van der Waals surface area contributed by atoms with Gasteiger partial charge in [0.05, 0.1) is 0 Å². The second kappa shape index (κ2) is 7.35. The van der Waals surface area contributed by atoms with Crippen molar-refractivity contribution in [1.82, 2.24) is 20.2 Å². The van der Waals surface area contributed by atoms with Crippen LogP contribution in [0.15, 0.2) is 53.0 Å². The molecule has 0 atom stereocenters. The standard InChI is InChI=1S/C17H16BrN5O/c1-2-12-5-3-4-6-15(12)19-16(24)11-23-17(20-21-22-23)13-7-9-14(18)10-8-13/h3-10H,2,11H2,1H3,(H,19,24). The van der Waals surface area contributed by atoms with Gasteiger partial charge in [-0.05, 0) is 40.6 Å². The number of nitrogens with zero attached hydrogens (tertiary/aromatic N) is 4. The van der Waals surface area contributed by atoms with Gasteiger partial charge >= 0.3 is 0 Å². The molecular formula is C17H16BrN5O. The molecule has 1 heterocycles. The first-order valence-electron chi connectivity index (χ1n) is 7.57. The molecule has 0 spiro atoms. The molecule has 0 aliphatic heterocycles. The first kappa shape index (κ1) is 16.3. The molecule has 3 aromatic rings. The first-order chi connectivity index (χ1) is 11.7. The second-order valence-electron chi connectivity index (χ2n) is 5.23. The minimum Gasteiger partial charge on any atom is -0.324 e. The van der Waals surface area contributed by atoms with E-state index in [1.807, 2.05) is 48.5 Å². The van der Waals surface area contributed by atoms with Gasteiger partial charge in [0.15, 0.2) is 5.82 Å². The van der Waals surface area contributed by atoms with E-state index in [4.69, 9.17) is 0 Å². The van der Waals surface area contributed by atoms with Crippen molar-refractivity contribution in [2.75, 3.05) is 5.32 Å². The highest BCUT2D eigenvalue weighted by Gasteiger charge is 2.13. The summed E-state index contributed by atoms with van der Waals surface area (Å²) in [4.78, 5) is 12.4. The molecule has 3 rings (SSSR count). The van der Waals surface area contributed by atoms with Crippen molar-refractivity contribution in [2.24, 2.45) is 0 Å². The maximum absolute atomic E-state index is 12.4. The number of nitrogens with one attached hydrogen (secondary N) is 1. The van der Waals surface area contributed by atoms with Crippen LogP contribution in [0.1, 0.15) is 12.5 Å². The van der Waals surface area contributed by atoms with Gasteiger partial charge in [-0.25, -0.2) is 4.68 Å². The summed E-state index contributed by atoms with van der Waals surface area (Å²) in [5.41, 5.74) is 2.77. The molecule has 0 unspecified atom stereocenters. The summed E-state index contributed by atoms with van der Waals surface area (Å²) in [5, 5.41) is 14.5. The summed E-state index contributed by atoms with van der Waals surface area (Å²) in [6, 6.07) is 15.4. The molecule has 0 saturated heterocycles. The number of anilines is 1. The van der Waals surface area contributed by atoms with E-state index in [-0.39, 0.29) is 12.5 Å². The second-order valence-corrected chi connectivity index (χ2v) is 6.14. The van der Waals surface area contributed by atoms with E-state index in [0.717, 1.165) is 27.7 Å². The Morgan fingerprint density at radius 3 is 2.67 bits per heavy atom. The Labute approximate surface area is 148 Å². The van der Waals surface area contributed by atoms with Crippen LogP contribution in [0.5, 0.6) is 0 Å². The number of tetrazole rings is 1. The van der Waals surface area contributed by atoms with Crippen LogP contribution < -0.4 is 5.32 Å². The summed E-state index contributed by atoms with van der Waals surface area (Å²) in [7, 11) is 0. The SMILES string of the molecule is CCc1ccccc1NC(=O)Cn1nnnc1-c1ccc(Br)cc1. The highest BCUT2D eigenvalue weighted by Crippen LogP contribution is 2.19. The molecule has 0 bridgehead atoms. The molecule has 6 nitrogen and oxygen atoms in total. The zero-order chi connectivity index (χ0) is 16.9. The zero-order valence-electron chi connectivity index (χ0n) is 13.1. The smallest absolute Gasteiger partial charge is 0.246 e. The van der Waals surface area contributed by atoms with E-state index in [9.17, 15) is 4.79 Å². The van der Waals surface area contributed by atoms with Gasteiger partial charge in [-0.1, -0.05) is 53.2 Å². The highest BCUT2D eigenvalue weighted by atomic mass is 79.9. The number of hydrogen-bond acceptors (Lipinski definition) is 4. The zero-order valence-corrected chi connectivity index (χ0v) is 14.7. The summed E-state index contributed by atoms with van der Waals surface area (Å²) in [6.07, 6.45) is 0.853. The molecule has 7 heteroatoms. The molecule has 0 saturated carbocycles. The van der Waals surface area contributed by atoms with Crippen LogP contribution in [-0.4, -0.2) is 26.1 Å². The summed E-state index contributed by atoms with van der Waals surface area (Å²) in [5.74, 6) is 0.392. The Balaban J connectivity index is 1.76. The first-order valence-corrected chi connectivity index (χ1v) is 8.36. The van der Waals surface area contributed by atoms with E-state index in [2.05, 4.69) is 43.7 Å². The number of aryl methyl sites for hydroxylation is 1. The van der Waals surface area contributed by atoms with E-state index in [0.29, 0.717) is 5.82 Å². The van der Waals surface area contributed by atoms with E-state index < -0.39 is 0 Å². The quantitative estimate of drug-likeness (QED) is 0.730. The van der Waals surface area contributed by atoms with E-state index in [1.54, 1.807) is 0 Å². The van der Waals surface area contributed by atoms with Crippen LogP contribution in [0.2, 0.25) is 0 Å². The Bertz CT molecular complexity index is 844. The number of hydrogen-bond donors (Lipinski definition) is 1. The third-order valence-corrected chi connectivity index (χ3v) is 4.13. The lowest BCUT2D eigenvalue weighted by Crippen LogP contribution is -2.21. The Hall–Kier alpha value is -2.54. The average Bonchev–Trinajstić information content (AvgIpc) is 3.04. The van der Waals surface area contributed by atoms with Crippen LogP contribution >= 0.6 is 15.9 Å². The minimum atomic E-state index is -0.165. The number of rotatable bonds is 5. The maximum Gasteiger partial charge on any atom is 0.246 e. The lowest BCUT2D eigenvalue weighted by Gasteiger charge is -2.10. The van der Waals surface area contributed by atoms with Crippen molar-refractivity contribution < 1.29 is 4.79 Å². The van der Waals surface area contributed by atoms with Gasteiger partial charge in [-0.3, -0.25) is 4.79 Å². The molecule has 2 aromatic carbocycles. The largest absolute Gasteiger partial charge is 0.324 e. The van der Waals surface area contributed by atoms with Gasteiger partial charge in [-0.15, -0.1) is 5.10 Å². The van der Waals surface area contributed by atoms with Crippen molar-refractivity contribution in [3.63, 3.8) is 0 Å². The predicted molar refractivity (Wildman–Crippen MR) is 95.4 cm³/mol. The van der Waals surface area contributed by atoms with E-state index >= 15 is 0 Å². The Kier molecular flexibility index (Phi) is 5.00. The third-order valence-electron chi connectivity index (χ3n) is 3.60. The average molecular weight is 386 g/mol. The van der Waals surface area contributed by atoms with Crippen molar-refractivity contribution in [1.29, 1.82) is 0 Å². The molecular weight excluding hydrogens is 370 g/mol. The molecule has 0 aliphatic rings. The fourth-order valence-corrected chi connectivity index (χ4v) is 2.66. The van der Waals surface area contributed by atoms with Gasteiger partial charge in [-0.2, -0.15) is 0 Å². The maximum atomic E-state index is 12.4. The number of halogens is 1. The lowest BCUT2D eigenvalue weighted by atomic mass is 10.1. The minimum absolute atomic E-state index is 0.0520.